The van der Waals surface area contributed by atoms with Gasteiger partial charge in [-0.05, 0) is 45.9 Å². The highest BCUT2D eigenvalue weighted by Crippen LogP contribution is 2.25. The van der Waals surface area contributed by atoms with Crippen molar-refractivity contribution < 1.29 is 18.9 Å². The van der Waals surface area contributed by atoms with Gasteiger partial charge in [0.2, 0.25) is 6.29 Å². The molecule has 2 aromatic rings. The molecule has 2 heterocycles. The molecule has 0 fully saturated rings. The molecule has 2 aliphatic heterocycles. The molecule has 1 atom stereocenters. The Morgan fingerprint density at radius 1 is 1.00 bits per heavy atom. The summed E-state index contributed by atoms with van der Waals surface area (Å²) in [5.41, 5.74) is 1.10. The van der Waals surface area contributed by atoms with Crippen LogP contribution < -0.4 is 20.2 Å². The van der Waals surface area contributed by atoms with Gasteiger partial charge in [-0.25, -0.2) is 0 Å². The predicted octanol–water partition coefficient (Wildman–Crippen LogP) is 3.03. The lowest BCUT2D eigenvalue weighted by Gasteiger charge is -2.26. The van der Waals surface area contributed by atoms with Gasteiger partial charge >= 0.3 is 0 Å². The molecule has 0 bridgehead atoms. The molecule has 2 aromatic carbocycles. The van der Waals surface area contributed by atoms with Crippen LogP contribution in [0.2, 0.25) is 0 Å². The van der Waals surface area contributed by atoms with Crippen LogP contribution in [-0.2, 0) is 16.1 Å². The molecule has 6 nitrogen and oxygen atoms in total. The molecule has 28 heavy (non-hydrogen) atoms. The fourth-order valence-electron chi connectivity index (χ4n) is 2.75. The molecule has 0 aromatic heterocycles. The second-order valence-corrected chi connectivity index (χ2v) is 7.12. The van der Waals surface area contributed by atoms with Crippen molar-refractivity contribution in [1.82, 2.24) is 0 Å². The van der Waals surface area contributed by atoms with Gasteiger partial charge in [-0.1, -0.05) is 18.2 Å². The van der Waals surface area contributed by atoms with Crippen LogP contribution in [0, 0.1) is 0 Å². The van der Waals surface area contributed by atoms with E-state index in [2.05, 4.69) is 9.98 Å². The SMILES string of the molecule is CC(C)OCC1OCc2ccccc2O1.CC(C)Oc1ccc2c(c1)=NCN=2. The van der Waals surface area contributed by atoms with E-state index in [-0.39, 0.29) is 18.5 Å². The summed E-state index contributed by atoms with van der Waals surface area (Å²) in [5, 5.41) is 1.91. The van der Waals surface area contributed by atoms with Crippen LogP contribution in [0.4, 0.5) is 0 Å². The highest BCUT2D eigenvalue weighted by molar-refractivity contribution is 5.33. The molecule has 0 N–H and O–H groups in total. The average Bonchev–Trinajstić information content (AvgIpc) is 3.14. The fraction of sp³-hybridized carbons (Fsp3) is 0.455. The molecule has 0 spiro atoms. The van der Waals surface area contributed by atoms with E-state index in [9.17, 15) is 0 Å². The van der Waals surface area contributed by atoms with E-state index in [0.29, 0.717) is 19.9 Å². The molecule has 0 saturated heterocycles. The Hall–Kier alpha value is -2.44. The Morgan fingerprint density at radius 2 is 1.79 bits per heavy atom. The second kappa shape index (κ2) is 9.66. The highest BCUT2D eigenvalue weighted by Gasteiger charge is 2.19. The third-order valence-electron chi connectivity index (χ3n) is 4.02. The quantitative estimate of drug-likeness (QED) is 0.795. The van der Waals surface area contributed by atoms with E-state index in [0.717, 1.165) is 27.8 Å². The van der Waals surface area contributed by atoms with E-state index in [1.807, 2.05) is 70.2 Å². The lowest BCUT2D eigenvalue weighted by atomic mass is 10.2. The summed E-state index contributed by atoms with van der Waals surface area (Å²) < 4.78 is 22.1. The monoisotopic (exact) mass is 384 g/mol. The maximum Gasteiger partial charge on any atom is 0.223 e. The third kappa shape index (κ3) is 5.78. The van der Waals surface area contributed by atoms with Gasteiger partial charge in [-0.15, -0.1) is 0 Å². The van der Waals surface area contributed by atoms with E-state index in [1.54, 1.807) is 0 Å². The molecule has 150 valence electrons. The minimum absolute atomic E-state index is 0.203. The minimum Gasteiger partial charge on any atom is -0.491 e. The number of hydrogen-bond acceptors (Lipinski definition) is 6. The van der Waals surface area contributed by atoms with Gasteiger partial charge in [0.15, 0.2) is 0 Å². The smallest absolute Gasteiger partial charge is 0.223 e. The average molecular weight is 384 g/mol. The zero-order valence-electron chi connectivity index (χ0n) is 16.9. The van der Waals surface area contributed by atoms with Crippen LogP contribution in [0.1, 0.15) is 33.3 Å². The zero-order valence-corrected chi connectivity index (χ0v) is 16.9. The Kier molecular flexibility index (Phi) is 7.01. The molecule has 0 amide bonds. The normalized spacial score (nSPS) is 16.9. The molecule has 0 saturated carbocycles. The topological polar surface area (TPSA) is 61.6 Å². The number of rotatable bonds is 5. The Morgan fingerprint density at radius 3 is 2.57 bits per heavy atom. The molecule has 2 aliphatic rings. The molecular formula is C22H28N2O4. The number of para-hydroxylation sites is 1. The lowest BCUT2D eigenvalue weighted by Crippen LogP contribution is -2.31. The van der Waals surface area contributed by atoms with Gasteiger partial charge in [0.05, 0.1) is 29.5 Å². The van der Waals surface area contributed by atoms with Crippen LogP contribution in [0.25, 0.3) is 0 Å². The van der Waals surface area contributed by atoms with Gasteiger partial charge in [0.1, 0.15) is 24.8 Å². The third-order valence-corrected chi connectivity index (χ3v) is 4.02. The van der Waals surface area contributed by atoms with Gasteiger partial charge < -0.3 is 18.9 Å². The number of nitrogens with zero attached hydrogens (tertiary/aromatic N) is 2. The summed E-state index contributed by atoms with van der Waals surface area (Å²) in [6, 6.07) is 13.7. The number of ether oxygens (including phenoxy) is 4. The molecule has 0 radical (unpaired) electrons. The maximum atomic E-state index is 5.64. The van der Waals surface area contributed by atoms with Gasteiger partial charge in [0, 0.05) is 11.6 Å². The van der Waals surface area contributed by atoms with Gasteiger partial charge in [-0.2, -0.15) is 0 Å². The van der Waals surface area contributed by atoms with Crippen LogP contribution in [0.5, 0.6) is 11.5 Å². The summed E-state index contributed by atoms with van der Waals surface area (Å²) in [6.45, 7) is 9.64. The minimum atomic E-state index is -0.276. The van der Waals surface area contributed by atoms with E-state index < -0.39 is 0 Å². The van der Waals surface area contributed by atoms with Crippen molar-refractivity contribution in [2.45, 2.75) is 52.8 Å². The standard InChI is InChI=1S/C12H16O3.C10H12N2O/c1-9(2)13-8-12-14-7-10-5-3-4-6-11(10)15-12;1-7(2)13-8-3-4-9-10(5-8)12-6-11-9/h3-6,9,12H,7-8H2,1-2H3;3-5,7H,6H2,1-2H3. The number of fused-ring (bicyclic) bond motifs is 2. The van der Waals surface area contributed by atoms with Crippen LogP contribution in [0.15, 0.2) is 52.4 Å². The van der Waals surface area contributed by atoms with Crippen molar-refractivity contribution in [2.75, 3.05) is 13.3 Å². The van der Waals surface area contributed by atoms with E-state index in [1.165, 1.54) is 0 Å². The summed E-state index contributed by atoms with van der Waals surface area (Å²) in [5.74, 6) is 1.77. The summed E-state index contributed by atoms with van der Waals surface area (Å²) >= 11 is 0. The first-order valence-electron chi connectivity index (χ1n) is 9.64. The Bertz CT molecular complexity index is 896. The number of hydrogen-bond donors (Lipinski definition) is 0. The maximum absolute atomic E-state index is 5.64. The largest absolute Gasteiger partial charge is 0.491 e. The van der Waals surface area contributed by atoms with Crippen LogP contribution in [-0.4, -0.2) is 31.8 Å². The molecule has 1 unspecified atom stereocenters. The van der Waals surface area contributed by atoms with E-state index in [4.69, 9.17) is 18.9 Å². The van der Waals surface area contributed by atoms with Crippen molar-refractivity contribution in [2.24, 2.45) is 9.98 Å². The van der Waals surface area contributed by atoms with Gasteiger partial charge in [-0.3, -0.25) is 9.98 Å². The summed E-state index contributed by atoms with van der Waals surface area (Å²) in [7, 11) is 0. The molecule has 4 rings (SSSR count). The first kappa shape index (κ1) is 20.3. The van der Waals surface area contributed by atoms with Crippen molar-refractivity contribution in [3.63, 3.8) is 0 Å². The Balaban J connectivity index is 0.000000162. The molecule has 6 heteroatoms. The second-order valence-electron chi connectivity index (χ2n) is 7.12. The zero-order chi connectivity index (χ0) is 19.9. The van der Waals surface area contributed by atoms with Crippen molar-refractivity contribution in [3.8, 4) is 11.5 Å². The molecule has 0 aliphatic carbocycles. The van der Waals surface area contributed by atoms with E-state index >= 15 is 0 Å². The van der Waals surface area contributed by atoms with Crippen molar-refractivity contribution in [3.05, 3.63) is 58.7 Å². The summed E-state index contributed by atoms with van der Waals surface area (Å²) in [6.07, 6.45) is 0.132. The van der Waals surface area contributed by atoms with Crippen molar-refractivity contribution >= 4 is 0 Å². The Labute approximate surface area is 165 Å². The molecular weight excluding hydrogens is 356 g/mol. The number of benzene rings is 2. The lowest BCUT2D eigenvalue weighted by molar-refractivity contribution is -0.150. The van der Waals surface area contributed by atoms with Gasteiger partial charge in [0.25, 0.3) is 0 Å². The van der Waals surface area contributed by atoms with Crippen molar-refractivity contribution in [1.29, 1.82) is 0 Å². The summed E-state index contributed by atoms with van der Waals surface area (Å²) in [4.78, 5) is 8.42. The highest BCUT2D eigenvalue weighted by atomic mass is 16.7. The van der Waals surface area contributed by atoms with Crippen LogP contribution in [0.3, 0.4) is 0 Å². The van der Waals surface area contributed by atoms with Crippen LogP contribution >= 0.6 is 0 Å². The fourth-order valence-corrected chi connectivity index (χ4v) is 2.75. The first-order chi connectivity index (χ1) is 13.5. The first-order valence-corrected chi connectivity index (χ1v) is 9.64. The predicted molar refractivity (Wildman–Crippen MR) is 106 cm³/mol.